The smallest absolute Gasteiger partial charge is 0.254 e. The van der Waals surface area contributed by atoms with Crippen LogP contribution in [0.25, 0.3) is 0 Å². The summed E-state index contributed by atoms with van der Waals surface area (Å²) < 4.78 is 0. The number of aromatic nitrogens is 3. The number of aromatic amines is 1. The number of carbonyl (C=O) groups is 2. The molecule has 2 aliphatic rings. The van der Waals surface area contributed by atoms with Gasteiger partial charge in [-0.05, 0) is 18.4 Å². The van der Waals surface area contributed by atoms with Crippen molar-refractivity contribution in [1.29, 1.82) is 0 Å². The highest BCUT2D eigenvalue weighted by Gasteiger charge is 2.57. The summed E-state index contributed by atoms with van der Waals surface area (Å²) in [6.07, 6.45) is 0.493. The number of rotatable bonds is 3. The molecule has 0 aliphatic carbocycles. The van der Waals surface area contributed by atoms with E-state index in [0.717, 1.165) is 17.2 Å². The molecule has 2 fully saturated rings. The van der Waals surface area contributed by atoms with Crippen LogP contribution < -0.4 is 0 Å². The highest BCUT2D eigenvalue weighted by molar-refractivity contribution is 7.08. The van der Waals surface area contributed by atoms with Crippen LogP contribution in [0.1, 0.15) is 35.4 Å². The van der Waals surface area contributed by atoms with E-state index in [9.17, 15) is 9.59 Å². The zero-order valence-electron chi connectivity index (χ0n) is 14.4. The van der Waals surface area contributed by atoms with E-state index in [1.54, 1.807) is 0 Å². The first-order chi connectivity index (χ1) is 12.0. The second-order valence-corrected chi connectivity index (χ2v) is 7.70. The lowest BCUT2D eigenvalue weighted by Gasteiger charge is -2.26. The van der Waals surface area contributed by atoms with Crippen molar-refractivity contribution in [2.45, 2.75) is 25.7 Å². The molecule has 2 saturated heterocycles. The Morgan fingerprint density at radius 3 is 2.76 bits per heavy atom. The number of thiophene rings is 1. The first-order valence-corrected chi connectivity index (χ1v) is 9.46. The summed E-state index contributed by atoms with van der Waals surface area (Å²) in [5.74, 6) is 1.85. The molecular weight excluding hydrogens is 338 g/mol. The maximum absolute atomic E-state index is 12.8. The Balaban J connectivity index is 1.65. The van der Waals surface area contributed by atoms with Gasteiger partial charge in [-0.2, -0.15) is 16.4 Å². The summed E-state index contributed by atoms with van der Waals surface area (Å²) in [5, 5.41) is 11.1. The summed E-state index contributed by atoms with van der Waals surface area (Å²) in [4.78, 5) is 33.4. The molecule has 1 N–H and O–H groups in total. The van der Waals surface area contributed by atoms with Gasteiger partial charge in [0.2, 0.25) is 5.91 Å². The highest BCUT2D eigenvalue weighted by Crippen LogP contribution is 2.44. The lowest BCUT2D eigenvalue weighted by Crippen LogP contribution is -2.41. The van der Waals surface area contributed by atoms with Crippen molar-refractivity contribution in [3.8, 4) is 0 Å². The monoisotopic (exact) mass is 359 g/mol. The van der Waals surface area contributed by atoms with Crippen LogP contribution in [0.5, 0.6) is 0 Å². The lowest BCUT2D eigenvalue weighted by atomic mass is 9.80. The Hall–Kier alpha value is -2.22. The van der Waals surface area contributed by atoms with Crippen LogP contribution in [-0.2, 0) is 10.2 Å². The van der Waals surface area contributed by atoms with Crippen molar-refractivity contribution in [2.24, 2.45) is 5.92 Å². The van der Waals surface area contributed by atoms with E-state index in [-0.39, 0.29) is 23.1 Å². The van der Waals surface area contributed by atoms with Gasteiger partial charge >= 0.3 is 0 Å². The fourth-order valence-corrected chi connectivity index (χ4v) is 4.71. The molecule has 0 aromatic carbocycles. The van der Waals surface area contributed by atoms with E-state index in [0.29, 0.717) is 32.6 Å². The number of fused-ring (bicyclic) bond motifs is 1. The number of hydrogen-bond acceptors (Lipinski definition) is 5. The molecule has 2 aromatic rings. The maximum atomic E-state index is 12.8. The third-order valence-corrected chi connectivity index (χ3v) is 6.05. The van der Waals surface area contributed by atoms with E-state index in [1.165, 1.54) is 11.3 Å². The SMILES string of the molecule is CCC(=O)N1C[C@H]2CN(C(=O)c3ccsc3)C[C@@]2(c2n[nH]c(C)n2)C1. The van der Waals surface area contributed by atoms with E-state index >= 15 is 0 Å². The Morgan fingerprint density at radius 1 is 1.36 bits per heavy atom. The molecule has 4 rings (SSSR count). The first kappa shape index (κ1) is 16.3. The Bertz CT molecular complexity index is 802. The Labute approximate surface area is 150 Å². The number of carbonyl (C=O) groups excluding carboxylic acids is 2. The standard InChI is InChI=1S/C17H21N5O2S/c1-3-14(23)21-6-13-7-22(15(24)12-4-5-25-8-12)10-17(13,9-21)16-18-11(2)19-20-16/h4-5,8,13H,3,6-7,9-10H2,1-2H3,(H,18,19,20)/t13-,17-/m0/s1. The van der Waals surface area contributed by atoms with Crippen LogP contribution in [-0.4, -0.2) is 63.0 Å². The predicted octanol–water partition coefficient (Wildman–Crippen LogP) is 1.44. The van der Waals surface area contributed by atoms with Crippen molar-refractivity contribution in [3.05, 3.63) is 34.0 Å². The Morgan fingerprint density at radius 2 is 2.12 bits per heavy atom. The van der Waals surface area contributed by atoms with E-state index < -0.39 is 0 Å². The van der Waals surface area contributed by atoms with Crippen molar-refractivity contribution >= 4 is 23.2 Å². The molecule has 2 aromatic heterocycles. The lowest BCUT2D eigenvalue weighted by molar-refractivity contribution is -0.130. The van der Waals surface area contributed by atoms with Gasteiger partial charge < -0.3 is 9.80 Å². The summed E-state index contributed by atoms with van der Waals surface area (Å²) in [5.41, 5.74) is 0.356. The topological polar surface area (TPSA) is 82.2 Å². The number of H-pyrrole nitrogens is 1. The van der Waals surface area contributed by atoms with Crippen LogP contribution in [0.3, 0.4) is 0 Å². The van der Waals surface area contributed by atoms with Crippen LogP contribution in [0, 0.1) is 12.8 Å². The second kappa shape index (κ2) is 5.94. The zero-order valence-corrected chi connectivity index (χ0v) is 15.2. The molecular formula is C17H21N5O2S. The van der Waals surface area contributed by atoms with E-state index in [4.69, 9.17) is 0 Å². The summed E-state index contributed by atoms with van der Waals surface area (Å²) >= 11 is 1.52. The van der Waals surface area contributed by atoms with Crippen molar-refractivity contribution in [2.75, 3.05) is 26.2 Å². The van der Waals surface area contributed by atoms with Crippen molar-refractivity contribution in [3.63, 3.8) is 0 Å². The first-order valence-electron chi connectivity index (χ1n) is 8.52. The van der Waals surface area contributed by atoms with Gasteiger partial charge in [0, 0.05) is 43.9 Å². The van der Waals surface area contributed by atoms with Crippen LogP contribution in [0.4, 0.5) is 0 Å². The van der Waals surface area contributed by atoms with Gasteiger partial charge in [-0.15, -0.1) is 0 Å². The molecule has 0 saturated carbocycles. The van der Waals surface area contributed by atoms with Gasteiger partial charge in [0.05, 0.1) is 11.0 Å². The molecule has 2 amide bonds. The van der Waals surface area contributed by atoms with Crippen molar-refractivity contribution in [1.82, 2.24) is 25.0 Å². The zero-order chi connectivity index (χ0) is 17.6. The molecule has 0 unspecified atom stereocenters. The molecule has 8 heteroatoms. The number of hydrogen-bond donors (Lipinski definition) is 1. The normalized spacial score (nSPS) is 25.4. The molecule has 0 bridgehead atoms. The number of likely N-dealkylation sites (tertiary alicyclic amines) is 2. The number of nitrogens with zero attached hydrogens (tertiary/aromatic N) is 4. The molecule has 7 nitrogen and oxygen atoms in total. The largest absolute Gasteiger partial charge is 0.341 e. The molecule has 25 heavy (non-hydrogen) atoms. The summed E-state index contributed by atoms with van der Waals surface area (Å²) in [7, 11) is 0. The average Bonchev–Trinajstić information content (AvgIpc) is 3.35. The van der Waals surface area contributed by atoms with Gasteiger partial charge in [-0.3, -0.25) is 14.7 Å². The fraction of sp³-hybridized carbons (Fsp3) is 0.529. The number of nitrogens with one attached hydrogen (secondary N) is 1. The highest BCUT2D eigenvalue weighted by atomic mass is 32.1. The third-order valence-electron chi connectivity index (χ3n) is 5.36. The minimum absolute atomic E-state index is 0.0515. The van der Waals surface area contributed by atoms with Crippen LogP contribution in [0.2, 0.25) is 0 Å². The minimum atomic E-state index is -0.374. The van der Waals surface area contributed by atoms with E-state index in [2.05, 4.69) is 15.2 Å². The van der Waals surface area contributed by atoms with Gasteiger partial charge in [0.1, 0.15) is 5.82 Å². The number of amides is 2. The van der Waals surface area contributed by atoms with Crippen molar-refractivity contribution < 1.29 is 9.59 Å². The predicted molar refractivity (Wildman–Crippen MR) is 93.4 cm³/mol. The van der Waals surface area contributed by atoms with Crippen LogP contribution in [0.15, 0.2) is 16.8 Å². The fourth-order valence-electron chi connectivity index (χ4n) is 4.08. The van der Waals surface area contributed by atoms with Gasteiger partial charge in [-0.25, -0.2) is 4.98 Å². The molecule has 2 atom stereocenters. The minimum Gasteiger partial charge on any atom is -0.341 e. The third kappa shape index (κ3) is 2.55. The molecule has 0 spiro atoms. The summed E-state index contributed by atoms with van der Waals surface area (Å²) in [6, 6.07) is 1.86. The van der Waals surface area contributed by atoms with Gasteiger partial charge in [-0.1, -0.05) is 6.92 Å². The number of aryl methyl sites for hydroxylation is 1. The van der Waals surface area contributed by atoms with E-state index in [1.807, 2.05) is 40.5 Å². The molecule has 132 valence electrons. The quantitative estimate of drug-likeness (QED) is 0.899. The summed E-state index contributed by atoms with van der Waals surface area (Å²) in [6.45, 7) is 6.18. The Kier molecular flexibility index (Phi) is 3.87. The van der Waals surface area contributed by atoms with Crippen LogP contribution >= 0.6 is 11.3 Å². The maximum Gasteiger partial charge on any atom is 0.254 e. The van der Waals surface area contributed by atoms with Gasteiger partial charge in [0.15, 0.2) is 5.82 Å². The van der Waals surface area contributed by atoms with Gasteiger partial charge in [0.25, 0.3) is 5.91 Å². The second-order valence-electron chi connectivity index (χ2n) is 6.92. The average molecular weight is 359 g/mol. The molecule has 0 radical (unpaired) electrons. The molecule has 4 heterocycles. The molecule has 2 aliphatic heterocycles.